The average molecular weight is 290 g/mol. The first-order chi connectivity index (χ1) is 8.53. The van der Waals surface area contributed by atoms with Crippen LogP contribution in [0.5, 0.6) is 0 Å². The van der Waals surface area contributed by atoms with Crippen molar-refractivity contribution in [1.29, 1.82) is 0 Å². The third kappa shape index (κ3) is 4.35. The molecule has 0 saturated carbocycles. The molecule has 0 fully saturated rings. The Balaban J connectivity index is 2.78. The molecule has 0 radical (unpaired) electrons. The highest BCUT2D eigenvalue weighted by atomic mass is 32.2. The lowest BCUT2D eigenvalue weighted by Crippen LogP contribution is -2.34. The first kappa shape index (κ1) is 15.6. The molecule has 1 rings (SSSR count). The second kappa shape index (κ2) is 7.23. The van der Waals surface area contributed by atoms with Crippen molar-refractivity contribution in [2.45, 2.75) is 50.6 Å². The molecule has 1 heterocycles. The maximum absolute atomic E-state index is 12.2. The molecule has 0 aliphatic heterocycles. The SMILES string of the molecule is CCCC(CC)NS(=O)(=O)c1csc(CNC)c1. The molecule has 0 amide bonds. The zero-order valence-corrected chi connectivity index (χ0v) is 12.8. The van der Waals surface area contributed by atoms with Crippen molar-refractivity contribution in [3.05, 3.63) is 16.3 Å². The summed E-state index contributed by atoms with van der Waals surface area (Å²) in [6, 6.07) is 1.77. The summed E-state index contributed by atoms with van der Waals surface area (Å²) in [5.41, 5.74) is 0. The number of rotatable bonds is 8. The van der Waals surface area contributed by atoms with Gasteiger partial charge in [-0.15, -0.1) is 11.3 Å². The van der Waals surface area contributed by atoms with E-state index in [0.29, 0.717) is 11.4 Å². The van der Waals surface area contributed by atoms with Crippen molar-refractivity contribution >= 4 is 21.4 Å². The van der Waals surface area contributed by atoms with E-state index in [1.54, 1.807) is 11.4 Å². The Morgan fingerprint density at radius 2 is 2.11 bits per heavy atom. The standard InChI is InChI=1S/C12H22N2O2S2/c1-4-6-10(5-2)14-18(15,16)12-7-11(8-13-3)17-9-12/h7,9-10,13-14H,4-6,8H2,1-3H3. The number of nitrogens with one attached hydrogen (secondary N) is 2. The molecule has 18 heavy (non-hydrogen) atoms. The van der Waals surface area contributed by atoms with Crippen molar-refractivity contribution in [2.75, 3.05) is 7.05 Å². The molecule has 1 atom stereocenters. The van der Waals surface area contributed by atoms with Crippen LogP contribution in [-0.2, 0) is 16.6 Å². The average Bonchev–Trinajstić information content (AvgIpc) is 2.78. The summed E-state index contributed by atoms with van der Waals surface area (Å²) in [4.78, 5) is 1.41. The van der Waals surface area contributed by atoms with Gasteiger partial charge in [0.2, 0.25) is 10.0 Å². The molecule has 1 aromatic heterocycles. The van der Waals surface area contributed by atoms with Crippen molar-refractivity contribution < 1.29 is 8.42 Å². The summed E-state index contributed by atoms with van der Waals surface area (Å²) in [6.07, 6.45) is 2.68. The van der Waals surface area contributed by atoms with Crippen molar-refractivity contribution in [1.82, 2.24) is 10.0 Å². The number of hydrogen-bond acceptors (Lipinski definition) is 4. The van der Waals surface area contributed by atoms with Crippen molar-refractivity contribution in [3.63, 3.8) is 0 Å². The van der Waals surface area contributed by atoms with Gasteiger partial charge in [0, 0.05) is 22.8 Å². The quantitative estimate of drug-likeness (QED) is 0.772. The van der Waals surface area contributed by atoms with Crippen LogP contribution in [0.2, 0.25) is 0 Å². The predicted molar refractivity (Wildman–Crippen MR) is 76.4 cm³/mol. The summed E-state index contributed by atoms with van der Waals surface area (Å²) in [5.74, 6) is 0. The minimum Gasteiger partial charge on any atom is -0.315 e. The summed E-state index contributed by atoms with van der Waals surface area (Å²) >= 11 is 1.47. The van der Waals surface area contributed by atoms with Gasteiger partial charge in [-0.3, -0.25) is 0 Å². The Kier molecular flexibility index (Phi) is 6.28. The van der Waals surface area contributed by atoms with Crippen LogP contribution >= 0.6 is 11.3 Å². The first-order valence-corrected chi connectivity index (χ1v) is 8.64. The smallest absolute Gasteiger partial charge is 0.241 e. The zero-order valence-electron chi connectivity index (χ0n) is 11.2. The Labute approximate surface area is 114 Å². The molecule has 6 heteroatoms. The number of thiophene rings is 1. The number of sulfonamides is 1. The monoisotopic (exact) mass is 290 g/mol. The molecule has 0 aromatic carbocycles. The lowest BCUT2D eigenvalue weighted by Gasteiger charge is -2.15. The van der Waals surface area contributed by atoms with Gasteiger partial charge in [0.15, 0.2) is 0 Å². The molecule has 4 nitrogen and oxygen atoms in total. The predicted octanol–water partition coefficient (Wildman–Crippen LogP) is 2.32. The van der Waals surface area contributed by atoms with Gasteiger partial charge in [-0.2, -0.15) is 0 Å². The van der Waals surface area contributed by atoms with Gasteiger partial charge in [0.1, 0.15) is 0 Å². The normalized spacial score (nSPS) is 13.7. The van der Waals surface area contributed by atoms with Gasteiger partial charge in [-0.25, -0.2) is 13.1 Å². The molecular formula is C12H22N2O2S2. The third-order valence-corrected chi connectivity index (χ3v) is 5.33. The molecular weight excluding hydrogens is 268 g/mol. The lowest BCUT2D eigenvalue weighted by atomic mass is 10.1. The summed E-state index contributed by atoms with van der Waals surface area (Å²) in [7, 11) is -1.51. The lowest BCUT2D eigenvalue weighted by molar-refractivity contribution is 0.512. The zero-order chi connectivity index (χ0) is 13.6. The number of hydrogen-bond donors (Lipinski definition) is 2. The van der Waals surface area contributed by atoms with Gasteiger partial charge < -0.3 is 5.32 Å². The van der Waals surface area contributed by atoms with Crippen LogP contribution in [0.1, 0.15) is 38.0 Å². The summed E-state index contributed by atoms with van der Waals surface area (Å²) in [5, 5.41) is 4.72. The maximum atomic E-state index is 12.2. The summed E-state index contributed by atoms with van der Waals surface area (Å²) < 4.78 is 27.1. The van der Waals surface area contributed by atoms with Gasteiger partial charge in [-0.1, -0.05) is 20.3 Å². The molecule has 104 valence electrons. The first-order valence-electron chi connectivity index (χ1n) is 6.27. The van der Waals surface area contributed by atoms with E-state index in [2.05, 4.69) is 17.0 Å². The molecule has 1 unspecified atom stereocenters. The molecule has 0 saturated heterocycles. The van der Waals surface area contributed by atoms with Gasteiger partial charge in [-0.05, 0) is 26.0 Å². The van der Waals surface area contributed by atoms with Crippen LogP contribution in [0.3, 0.4) is 0 Å². The van der Waals surface area contributed by atoms with E-state index in [0.717, 1.165) is 24.1 Å². The van der Waals surface area contributed by atoms with E-state index >= 15 is 0 Å². The van der Waals surface area contributed by atoms with Crippen molar-refractivity contribution in [3.8, 4) is 0 Å². The minimum atomic E-state index is -3.36. The van der Waals surface area contributed by atoms with Crippen LogP contribution < -0.4 is 10.0 Å². The van der Waals surface area contributed by atoms with Crippen LogP contribution in [0.25, 0.3) is 0 Å². The van der Waals surface area contributed by atoms with Crippen LogP contribution in [0, 0.1) is 0 Å². The molecule has 1 aromatic rings. The fourth-order valence-electron chi connectivity index (χ4n) is 1.75. The van der Waals surface area contributed by atoms with E-state index in [9.17, 15) is 8.42 Å². The topological polar surface area (TPSA) is 58.2 Å². The van der Waals surface area contributed by atoms with Crippen molar-refractivity contribution in [2.24, 2.45) is 0 Å². The minimum absolute atomic E-state index is 0.0349. The molecule has 0 bridgehead atoms. The molecule has 0 aliphatic rings. The van der Waals surface area contributed by atoms with Crippen LogP contribution in [0.15, 0.2) is 16.3 Å². The van der Waals surface area contributed by atoms with Gasteiger partial charge in [0.25, 0.3) is 0 Å². The maximum Gasteiger partial charge on any atom is 0.241 e. The Hall–Kier alpha value is -0.430. The van der Waals surface area contributed by atoms with E-state index in [-0.39, 0.29) is 6.04 Å². The van der Waals surface area contributed by atoms with Gasteiger partial charge >= 0.3 is 0 Å². The second-order valence-corrected chi connectivity index (χ2v) is 7.00. The Morgan fingerprint density at radius 1 is 1.39 bits per heavy atom. The Bertz CT molecular complexity index is 454. The van der Waals surface area contributed by atoms with Gasteiger partial charge in [0.05, 0.1) is 4.90 Å². The van der Waals surface area contributed by atoms with E-state index in [4.69, 9.17) is 0 Å². The van der Waals surface area contributed by atoms with E-state index in [1.165, 1.54) is 11.3 Å². The highest BCUT2D eigenvalue weighted by Gasteiger charge is 2.19. The molecule has 2 N–H and O–H groups in total. The Morgan fingerprint density at radius 3 is 2.67 bits per heavy atom. The summed E-state index contributed by atoms with van der Waals surface area (Å²) in [6.45, 7) is 4.77. The highest BCUT2D eigenvalue weighted by molar-refractivity contribution is 7.89. The van der Waals surface area contributed by atoms with Crippen LogP contribution in [0.4, 0.5) is 0 Å². The second-order valence-electron chi connectivity index (χ2n) is 4.29. The highest BCUT2D eigenvalue weighted by Crippen LogP contribution is 2.20. The van der Waals surface area contributed by atoms with Crippen LogP contribution in [-0.4, -0.2) is 21.5 Å². The van der Waals surface area contributed by atoms with E-state index < -0.39 is 10.0 Å². The largest absolute Gasteiger partial charge is 0.315 e. The molecule has 0 spiro atoms. The third-order valence-electron chi connectivity index (χ3n) is 2.74. The van der Waals surface area contributed by atoms with E-state index in [1.807, 2.05) is 14.0 Å². The fraction of sp³-hybridized carbons (Fsp3) is 0.667. The molecule has 0 aliphatic carbocycles. The fourth-order valence-corrected chi connectivity index (χ4v) is 4.39.